The first-order valence-corrected chi connectivity index (χ1v) is 7.39. The summed E-state index contributed by atoms with van der Waals surface area (Å²) in [6.07, 6.45) is 4.38. The number of thioether (sulfide) groups is 1. The van der Waals surface area contributed by atoms with Crippen LogP contribution in [-0.2, 0) is 4.74 Å². The van der Waals surface area contributed by atoms with Crippen LogP contribution in [0.4, 0.5) is 0 Å². The van der Waals surface area contributed by atoms with Crippen LogP contribution in [0.3, 0.4) is 0 Å². The fraction of sp³-hybridized carbons (Fsp3) is 0.429. The van der Waals surface area contributed by atoms with Crippen LogP contribution < -0.4 is 11.3 Å². The molecule has 0 spiro atoms. The predicted molar refractivity (Wildman–Crippen MR) is 74.3 cm³/mol. The van der Waals surface area contributed by atoms with E-state index in [9.17, 15) is 0 Å². The Bertz CT molecular complexity index is 461. The minimum Gasteiger partial charge on any atom is -0.497 e. The molecule has 4 heteroatoms. The van der Waals surface area contributed by atoms with Gasteiger partial charge in [0.2, 0.25) is 0 Å². The molecule has 0 amide bonds. The normalized spacial score (nSPS) is 24.1. The maximum Gasteiger partial charge on any atom is 0.111 e. The second-order valence-electron chi connectivity index (χ2n) is 4.70. The first-order valence-electron chi connectivity index (χ1n) is 6.41. The molecule has 3 N–H and O–H groups in total. The molecule has 2 heterocycles. The van der Waals surface area contributed by atoms with E-state index in [1.165, 1.54) is 10.5 Å². The van der Waals surface area contributed by atoms with Gasteiger partial charge in [-0.2, -0.15) is 0 Å². The maximum atomic E-state index is 5.77. The summed E-state index contributed by atoms with van der Waals surface area (Å²) in [6.45, 7) is 0.811. The molecule has 0 aliphatic carbocycles. The molecule has 0 saturated carbocycles. The zero-order valence-corrected chi connectivity index (χ0v) is 11.1. The molecular weight excluding hydrogens is 244 g/mol. The maximum absolute atomic E-state index is 5.77. The molecule has 0 fully saturated rings. The van der Waals surface area contributed by atoms with Crippen LogP contribution in [0.1, 0.15) is 24.3 Å². The van der Waals surface area contributed by atoms with Crippen LogP contribution in [0, 0.1) is 0 Å². The van der Waals surface area contributed by atoms with Gasteiger partial charge in [-0.25, -0.2) is 5.43 Å². The Morgan fingerprint density at radius 3 is 3.06 bits per heavy atom. The fourth-order valence-electron chi connectivity index (χ4n) is 2.65. The van der Waals surface area contributed by atoms with Crippen LogP contribution in [-0.4, -0.2) is 18.4 Å². The van der Waals surface area contributed by atoms with Crippen LogP contribution in [0.2, 0.25) is 0 Å². The first kappa shape index (κ1) is 12.1. The molecule has 2 unspecified atom stereocenters. The van der Waals surface area contributed by atoms with Crippen LogP contribution >= 0.6 is 11.8 Å². The summed E-state index contributed by atoms with van der Waals surface area (Å²) in [4.78, 5) is 1.37. The Morgan fingerprint density at radius 2 is 2.28 bits per heavy atom. The Labute approximate surface area is 112 Å². The lowest BCUT2D eigenvalue weighted by Crippen LogP contribution is -2.42. The molecule has 3 rings (SSSR count). The zero-order valence-electron chi connectivity index (χ0n) is 10.3. The van der Waals surface area contributed by atoms with Crippen molar-refractivity contribution in [2.75, 3.05) is 12.4 Å². The van der Waals surface area contributed by atoms with Crippen molar-refractivity contribution >= 4 is 11.8 Å². The van der Waals surface area contributed by atoms with Gasteiger partial charge in [0.25, 0.3) is 0 Å². The van der Waals surface area contributed by atoms with Crippen molar-refractivity contribution in [3.8, 4) is 0 Å². The number of hydrazine groups is 1. The number of nitrogens with one attached hydrogen (secondary N) is 1. The van der Waals surface area contributed by atoms with Crippen molar-refractivity contribution in [2.24, 2.45) is 5.84 Å². The van der Waals surface area contributed by atoms with E-state index in [1.54, 1.807) is 0 Å². The third kappa shape index (κ3) is 2.16. The summed E-state index contributed by atoms with van der Waals surface area (Å²) in [5.41, 5.74) is 4.34. The van der Waals surface area contributed by atoms with Crippen LogP contribution in [0.15, 0.2) is 41.0 Å². The quantitative estimate of drug-likeness (QED) is 0.648. The number of allylic oxidation sites excluding steroid dienone is 1. The minimum absolute atomic E-state index is 0.0986. The average Bonchev–Trinajstić information content (AvgIpc) is 2.85. The molecule has 1 aromatic rings. The van der Waals surface area contributed by atoms with Gasteiger partial charge in [-0.05, 0) is 30.5 Å². The van der Waals surface area contributed by atoms with E-state index >= 15 is 0 Å². The summed E-state index contributed by atoms with van der Waals surface area (Å²) >= 11 is 1.91. The lowest BCUT2D eigenvalue weighted by atomic mass is 9.91. The highest BCUT2D eigenvalue weighted by molar-refractivity contribution is 7.99. The highest BCUT2D eigenvalue weighted by Crippen LogP contribution is 2.42. The van der Waals surface area contributed by atoms with Crippen molar-refractivity contribution in [3.05, 3.63) is 41.7 Å². The molecule has 0 saturated heterocycles. The first-order chi connectivity index (χ1) is 8.90. The topological polar surface area (TPSA) is 47.3 Å². The highest BCUT2D eigenvalue weighted by Gasteiger charge is 2.33. The lowest BCUT2D eigenvalue weighted by molar-refractivity contribution is 0.162. The second kappa shape index (κ2) is 5.34. The smallest absolute Gasteiger partial charge is 0.111 e. The predicted octanol–water partition coefficient (Wildman–Crippen LogP) is 2.40. The van der Waals surface area contributed by atoms with E-state index in [0.717, 1.165) is 31.0 Å². The van der Waals surface area contributed by atoms with Crippen LogP contribution in [0.25, 0.3) is 0 Å². The fourth-order valence-corrected chi connectivity index (χ4v) is 3.95. The van der Waals surface area contributed by atoms with E-state index in [-0.39, 0.29) is 6.04 Å². The van der Waals surface area contributed by atoms with Crippen molar-refractivity contribution in [3.63, 3.8) is 0 Å². The highest BCUT2D eigenvalue weighted by atomic mass is 32.2. The number of nitrogens with two attached hydrogens (primary N) is 1. The SMILES string of the molecule is NNC(C1=CCCCO1)C1CSc2ccccc21. The molecular formula is C14H18N2OS. The molecule has 18 heavy (non-hydrogen) atoms. The summed E-state index contributed by atoms with van der Waals surface area (Å²) < 4.78 is 5.77. The number of rotatable bonds is 3. The number of ether oxygens (including phenoxy) is 1. The zero-order chi connectivity index (χ0) is 12.4. The van der Waals surface area contributed by atoms with Crippen molar-refractivity contribution in [1.29, 1.82) is 0 Å². The number of fused-ring (bicyclic) bond motifs is 1. The molecule has 0 radical (unpaired) electrons. The van der Waals surface area contributed by atoms with Crippen molar-refractivity contribution < 1.29 is 4.74 Å². The Morgan fingerprint density at radius 1 is 1.39 bits per heavy atom. The minimum atomic E-state index is 0.0986. The van der Waals surface area contributed by atoms with Gasteiger partial charge in [-0.1, -0.05) is 18.2 Å². The van der Waals surface area contributed by atoms with E-state index in [0.29, 0.717) is 5.92 Å². The molecule has 2 aliphatic heterocycles. The monoisotopic (exact) mass is 262 g/mol. The number of benzene rings is 1. The second-order valence-corrected chi connectivity index (χ2v) is 5.76. The summed E-state index contributed by atoms with van der Waals surface area (Å²) in [5.74, 6) is 8.25. The molecule has 1 aromatic carbocycles. The molecule has 0 bridgehead atoms. The summed E-state index contributed by atoms with van der Waals surface area (Å²) in [6, 6.07) is 8.68. The Hall–Kier alpha value is -0.970. The lowest BCUT2D eigenvalue weighted by Gasteiger charge is -2.28. The van der Waals surface area contributed by atoms with Gasteiger partial charge in [-0.3, -0.25) is 5.84 Å². The van der Waals surface area contributed by atoms with Gasteiger partial charge in [0, 0.05) is 16.6 Å². The number of hydrogen-bond donors (Lipinski definition) is 2. The standard InChI is InChI=1S/C14H18N2OS/c15-16-14(12-6-3-4-8-17-12)11-9-18-13-7-2-1-5-10(11)13/h1-2,5-7,11,14,16H,3-4,8-9,15H2. The molecule has 2 atom stereocenters. The third-order valence-corrected chi connectivity index (χ3v) is 4.80. The Balaban J connectivity index is 1.87. The number of hydrogen-bond acceptors (Lipinski definition) is 4. The van der Waals surface area contributed by atoms with E-state index < -0.39 is 0 Å². The van der Waals surface area contributed by atoms with Gasteiger partial charge in [-0.15, -0.1) is 11.8 Å². The van der Waals surface area contributed by atoms with Gasteiger partial charge in [0.05, 0.1) is 12.6 Å². The van der Waals surface area contributed by atoms with Gasteiger partial charge >= 0.3 is 0 Å². The van der Waals surface area contributed by atoms with Gasteiger partial charge < -0.3 is 4.74 Å². The summed E-state index contributed by atoms with van der Waals surface area (Å²) in [7, 11) is 0. The molecule has 3 nitrogen and oxygen atoms in total. The average molecular weight is 262 g/mol. The molecule has 2 aliphatic rings. The van der Waals surface area contributed by atoms with E-state index in [1.807, 2.05) is 11.8 Å². The van der Waals surface area contributed by atoms with E-state index in [4.69, 9.17) is 10.6 Å². The van der Waals surface area contributed by atoms with E-state index in [2.05, 4.69) is 35.8 Å². The summed E-state index contributed by atoms with van der Waals surface area (Å²) in [5, 5.41) is 0. The van der Waals surface area contributed by atoms with Crippen molar-refractivity contribution in [2.45, 2.75) is 29.7 Å². The van der Waals surface area contributed by atoms with Crippen molar-refractivity contribution in [1.82, 2.24) is 5.43 Å². The third-order valence-electron chi connectivity index (χ3n) is 3.59. The molecule has 0 aromatic heterocycles. The van der Waals surface area contributed by atoms with Gasteiger partial charge in [0.1, 0.15) is 5.76 Å². The molecule has 96 valence electrons. The van der Waals surface area contributed by atoms with Crippen LogP contribution in [0.5, 0.6) is 0 Å². The van der Waals surface area contributed by atoms with Gasteiger partial charge in [0.15, 0.2) is 0 Å². The Kier molecular flexibility index (Phi) is 3.59. The largest absolute Gasteiger partial charge is 0.497 e.